The van der Waals surface area contributed by atoms with Gasteiger partial charge in [0.05, 0.1) is 26.1 Å². The molecule has 1 unspecified atom stereocenters. The van der Waals surface area contributed by atoms with Crippen LogP contribution in [0, 0.1) is 0 Å². The average Bonchev–Trinajstić information content (AvgIpc) is 2.78. The first-order chi connectivity index (χ1) is 14.2. The van der Waals surface area contributed by atoms with Crippen molar-refractivity contribution in [3.05, 3.63) is 83.9 Å². The van der Waals surface area contributed by atoms with Crippen LogP contribution in [0.15, 0.2) is 72.8 Å². The standard InChI is InChI=1S/C24H24N2O3/c27-23(15-20-11-6-10-18-7-4-5-12-21(18)20)25-16-24(28)26-13-14-29-22(17-26)19-8-2-1-3-9-19/h1-12,22H,13-17H2,(H,25,27). The van der Waals surface area contributed by atoms with Gasteiger partial charge in [-0.25, -0.2) is 0 Å². The van der Waals surface area contributed by atoms with Gasteiger partial charge in [0.25, 0.3) is 0 Å². The molecule has 0 aromatic heterocycles. The number of ether oxygens (including phenoxy) is 1. The number of benzene rings is 3. The van der Waals surface area contributed by atoms with Crippen molar-refractivity contribution in [1.29, 1.82) is 0 Å². The summed E-state index contributed by atoms with van der Waals surface area (Å²) in [5.41, 5.74) is 2.02. The molecule has 4 rings (SSSR count). The van der Waals surface area contributed by atoms with Crippen molar-refractivity contribution in [1.82, 2.24) is 10.2 Å². The highest BCUT2D eigenvalue weighted by atomic mass is 16.5. The molecule has 3 aromatic carbocycles. The van der Waals surface area contributed by atoms with E-state index in [1.54, 1.807) is 4.90 Å². The lowest BCUT2D eigenvalue weighted by atomic mass is 10.0. The zero-order valence-electron chi connectivity index (χ0n) is 16.2. The number of hydrogen-bond acceptors (Lipinski definition) is 3. The fourth-order valence-electron chi connectivity index (χ4n) is 3.71. The Morgan fingerprint density at radius 3 is 2.59 bits per heavy atom. The Hall–Kier alpha value is -3.18. The van der Waals surface area contributed by atoms with Crippen LogP contribution in [-0.2, 0) is 20.7 Å². The molecule has 0 bridgehead atoms. The first kappa shape index (κ1) is 19.2. The maximum absolute atomic E-state index is 12.6. The molecule has 1 fully saturated rings. The number of hydrogen-bond donors (Lipinski definition) is 1. The zero-order chi connectivity index (χ0) is 20.1. The first-order valence-corrected chi connectivity index (χ1v) is 9.88. The van der Waals surface area contributed by atoms with Crippen molar-refractivity contribution in [2.24, 2.45) is 0 Å². The molecule has 0 saturated carbocycles. The minimum atomic E-state index is -0.150. The van der Waals surface area contributed by atoms with E-state index in [1.807, 2.05) is 72.8 Å². The largest absolute Gasteiger partial charge is 0.370 e. The fourth-order valence-corrected chi connectivity index (χ4v) is 3.71. The van der Waals surface area contributed by atoms with Gasteiger partial charge in [0.1, 0.15) is 6.10 Å². The summed E-state index contributed by atoms with van der Waals surface area (Å²) in [6.45, 7) is 1.55. The molecule has 5 nitrogen and oxygen atoms in total. The molecule has 2 amide bonds. The van der Waals surface area contributed by atoms with Crippen molar-refractivity contribution in [2.75, 3.05) is 26.2 Å². The predicted octanol–water partition coefficient (Wildman–Crippen LogP) is 3.10. The molecule has 1 saturated heterocycles. The van der Waals surface area contributed by atoms with Gasteiger partial charge < -0.3 is 15.0 Å². The van der Waals surface area contributed by atoms with Crippen molar-refractivity contribution in [3.8, 4) is 0 Å². The summed E-state index contributed by atoms with van der Waals surface area (Å²) < 4.78 is 5.81. The van der Waals surface area contributed by atoms with Crippen molar-refractivity contribution >= 4 is 22.6 Å². The van der Waals surface area contributed by atoms with Crippen LogP contribution in [0.2, 0.25) is 0 Å². The zero-order valence-corrected chi connectivity index (χ0v) is 16.2. The second-order valence-corrected chi connectivity index (χ2v) is 7.20. The highest BCUT2D eigenvalue weighted by Crippen LogP contribution is 2.22. The third-order valence-corrected chi connectivity index (χ3v) is 5.26. The number of carbonyl (C=O) groups is 2. The third kappa shape index (κ3) is 4.63. The van der Waals surface area contributed by atoms with Crippen LogP contribution in [0.3, 0.4) is 0 Å². The molecule has 0 spiro atoms. The fraction of sp³-hybridized carbons (Fsp3) is 0.250. The van der Waals surface area contributed by atoms with Gasteiger partial charge >= 0.3 is 0 Å². The lowest BCUT2D eigenvalue weighted by Gasteiger charge is -2.33. The first-order valence-electron chi connectivity index (χ1n) is 9.88. The second-order valence-electron chi connectivity index (χ2n) is 7.20. The van der Waals surface area contributed by atoms with E-state index in [0.717, 1.165) is 21.9 Å². The molecule has 1 aliphatic rings. The molecule has 1 heterocycles. The van der Waals surface area contributed by atoms with E-state index >= 15 is 0 Å². The Morgan fingerprint density at radius 2 is 1.72 bits per heavy atom. The molecule has 29 heavy (non-hydrogen) atoms. The number of rotatable bonds is 5. The van der Waals surface area contributed by atoms with Gasteiger partial charge in [-0.3, -0.25) is 9.59 Å². The summed E-state index contributed by atoms with van der Waals surface area (Å²) in [6.07, 6.45) is 0.130. The van der Waals surface area contributed by atoms with E-state index in [2.05, 4.69) is 5.32 Å². The molecule has 1 aliphatic heterocycles. The topological polar surface area (TPSA) is 58.6 Å². The summed E-state index contributed by atoms with van der Waals surface area (Å²) in [4.78, 5) is 26.8. The summed E-state index contributed by atoms with van der Waals surface area (Å²) in [5.74, 6) is -0.233. The Kier molecular flexibility index (Phi) is 5.86. The normalized spacial score (nSPS) is 16.6. The minimum absolute atomic E-state index is 0.00507. The van der Waals surface area contributed by atoms with Gasteiger partial charge in [-0.1, -0.05) is 72.8 Å². The number of fused-ring (bicyclic) bond motifs is 1. The quantitative estimate of drug-likeness (QED) is 0.731. The van der Waals surface area contributed by atoms with E-state index < -0.39 is 0 Å². The van der Waals surface area contributed by atoms with Gasteiger partial charge in [0.15, 0.2) is 0 Å². The van der Waals surface area contributed by atoms with E-state index in [-0.39, 0.29) is 30.9 Å². The number of carbonyl (C=O) groups excluding carboxylic acids is 2. The average molecular weight is 388 g/mol. The smallest absolute Gasteiger partial charge is 0.242 e. The Bertz CT molecular complexity index is 998. The minimum Gasteiger partial charge on any atom is -0.370 e. The number of nitrogens with zero attached hydrogens (tertiary/aromatic N) is 1. The Labute approximate surface area is 170 Å². The van der Waals surface area contributed by atoms with Gasteiger partial charge in [-0.05, 0) is 21.9 Å². The van der Waals surface area contributed by atoms with Crippen LogP contribution in [0.25, 0.3) is 10.8 Å². The second kappa shape index (κ2) is 8.88. The SMILES string of the molecule is O=C(Cc1cccc2ccccc12)NCC(=O)N1CCOC(c2ccccc2)C1. The van der Waals surface area contributed by atoms with Crippen LogP contribution in [0.1, 0.15) is 17.2 Å². The summed E-state index contributed by atoms with van der Waals surface area (Å²) in [5, 5.41) is 4.95. The van der Waals surface area contributed by atoms with Crippen LogP contribution in [-0.4, -0.2) is 43.0 Å². The Balaban J connectivity index is 1.32. The van der Waals surface area contributed by atoms with Crippen LogP contribution >= 0.6 is 0 Å². The molecular weight excluding hydrogens is 364 g/mol. The van der Waals surface area contributed by atoms with Gasteiger partial charge in [-0.2, -0.15) is 0 Å². The molecule has 5 heteroatoms. The predicted molar refractivity (Wildman–Crippen MR) is 112 cm³/mol. The van der Waals surface area contributed by atoms with E-state index in [9.17, 15) is 9.59 Å². The van der Waals surface area contributed by atoms with E-state index in [1.165, 1.54) is 0 Å². The van der Waals surface area contributed by atoms with Crippen molar-refractivity contribution in [2.45, 2.75) is 12.5 Å². The third-order valence-electron chi connectivity index (χ3n) is 5.26. The molecule has 0 aliphatic carbocycles. The summed E-state index contributed by atoms with van der Waals surface area (Å²) in [6, 6.07) is 23.8. The molecule has 3 aromatic rings. The van der Waals surface area contributed by atoms with Crippen molar-refractivity contribution in [3.63, 3.8) is 0 Å². The van der Waals surface area contributed by atoms with Crippen LogP contribution in [0.5, 0.6) is 0 Å². The van der Waals surface area contributed by atoms with E-state index in [4.69, 9.17) is 4.74 Å². The van der Waals surface area contributed by atoms with Gasteiger partial charge in [0, 0.05) is 6.54 Å². The molecular formula is C24H24N2O3. The van der Waals surface area contributed by atoms with Crippen molar-refractivity contribution < 1.29 is 14.3 Å². The highest BCUT2D eigenvalue weighted by molar-refractivity contribution is 5.91. The summed E-state index contributed by atoms with van der Waals surface area (Å²) in [7, 11) is 0. The highest BCUT2D eigenvalue weighted by Gasteiger charge is 2.25. The number of morpholine rings is 1. The maximum atomic E-state index is 12.6. The van der Waals surface area contributed by atoms with Crippen LogP contribution < -0.4 is 5.32 Å². The summed E-state index contributed by atoms with van der Waals surface area (Å²) >= 11 is 0. The lowest BCUT2D eigenvalue weighted by Crippen LogP contribution is -2.46. The number of nitrogens with one attached hydrogen (secondary N) is 1. The monoisotopic (exact) mass is 388 g/mol. The van der Waals surface area contributed by atoms with Gasteiger partial charge in [-0.15, -0.1) is 0 Å². The van der Waals surface area contributed by atoms with Gasteiger partial charge in [0.2, 0.25) is 11.8 Å². The number of amides is 2. The molecule has 1 atom stereocenters. The molecule has 148 valence electrons. The van der Waals surface area contributed by atoms with E-state index in [0.29, 0.717) is 19.7 Å². The Morgan fingerprint density at radius 1 is 0.966 bits per heavy atom. The molecule has 0 radical (unpaired) electrons. The lowest BCUT2D eigenvalue weighted by molar-refractivity contribution is -0.139. The maximum Gasteiger partial charge on any atom is 0.242 e. The van der Waals surface area contributed by atoms with Crippen LogP contribution in [0.4, 0.5) is 0 Å². The molecule has 1 N–H and O–H groups in total.